The van der Waals surface area contributed by atoms with E-state index >= 15 is 0 Å². The van der Waals surface area contributed by atoms with Gasteiger partial charge in [0, 0.05) is 10.9 Å². The molecule has 6 heteroatoms. The lowest BCUT2D eigenvalue weighted by molar-refractivity contribution is -0.141. The molecule has 1 aromatic carbocycles. The molecule has 24 heavy (non-hydrogen) atoms. The molecular formula is C18H18N2O3S. The average molecular weight is 342 g/mol. The van der Waals surface area contributed by atoms with Crippen LogP contribution in [0, 0.1) is 13.8 Å². The molecule has 0 aliphatic carbocycles. The normalized spacial score (nSPS) is 12.5. The Morgan fingerprint density at radius 2 is 2.08 bits per heavy atom. The van der Waals surface area contributed by atoms with E-state index in [1.165, 1.54) is 27.8 Å². The number of thiophene rings is 1. The van der Waals surface area contributed by atoms with Gasteiger partial charge in [-0.25, -0.2) is 9.78 Å². The highest BCUT2D eigenvalue weighted by atomic mass is 32.1. The fourth-order valence-electron chi connectivity index (χ4n) is 2.78. The standard InChI is InChI=1S/C18H18N2O3S/c1-4-14(18(22)23)20-9-19-16-15(17(20)21)13(8-24-16)12-6-5-10(2)11(3)7-12/h5-9,14H,4H2,1-3H3,(H,22,23)/t14-/m0/s1. The van der Waals surface area contributed by atoms with Gasteiger partial charge >= 0.3 is 5.97 Å². The number of benzene rings is 1. The number of aromatic nitrogens is 2. The van der Waals surface area contributed by atoms with Gasteiger partial charge in [-0.3, -0.25) is 9.36 Å². The van der Waals surface area contributed by atoms with Crippen molar-refractivity contribution < 1.29 is 9.90 Å². The van der Waals surface area contributed by atoms with Gasteiger partial charge in [-0.05, 0) is 37.0 Å². The maximum Gasteiger partial charge on any atom is 0.326 e. The molecule has 0 aliphatic heterocycles. The highest BCUT2D eigenvalue weighted by Crippen LogP contribution is 2.32. The lowest BCUT2D eigenvalue weighted by atomic mass is 10.0. The summed E-state index contributed by atoms with van der Waals surface area (Å²) in [5.74, 6) is -1.02. The molecule has 0 radical (unpaired) electrons. The molecule has 2 aromatic heterocycles. The maximum absolute atomic E-state index is 12.9. The molecule has 1 N–H and O–H groups in total. The van der Waals surface area contributed by atoms with Crippen LogP contribution >= 0.6 is 11.3 Å². The Hall–Kier alpha value is -2.47. The lowest BCUT2D eigenvalue weighted by Crippen LogP contribution is -2.29. The van der Waals surface area contributed by atoms with E-state index in [2.05, 4.69) is 4.98 Å². The molecule has 0 fully saturated rings. The van der Waals surface area contributed by atoms with Gasteiger partial charge in [0.2, 0.25) is 0 Å². The van der Waals surface area contributed by atoms with Crippen molar-refractivity contribution in [1.29, 1.82) is 0 Å². The summed E-state index contributed by atoms with van der Waals surface area (Å²) in [5, 5.41) is 11.7. The molecule has 0 spiro atoms. The summed E-state index contributed by atoms with van der Waals surface area (Å²) in [4.78, 5) is 29.2. The van der Waals surface area contributed by atoms with Crippen LogP contribution in [-0.2, 0) is 4.79 Å². The third-order valence-corrected chi connectivity index (χ3v) is 5.23. The third-order valence-electron chi connectivity index (χ3n) is 4.34. The van der Waals surface area contributed by atoms with Crippen LogP contribution in [0.5, 0.6) is 0 Å². The summed E-state index contributed by atoms with van der Waals surface area (Å²) in [6.45, 7) is 5.81. The fraction of sp³-hybridized carbons (Fsp3) is 0.278. The molecule has 3 rings (SSSR count). The molecular weight excluding hydrogens is 324 g/mol. The molecule has 124 valence electrons. The first kappa shape index (κ1) is 16.4. The predicted molar refractivity (Wildman–Crippen MR) is 95.8 cm³/mol. The second kappa shape index (κ2) is 6.20. The molecule has 5 nitrogen and oxygen atoms in total. The zero-order valence-electron chi connectivity index (χ0n) is 13.7. The number of fused-ring (bicyclic) bond motifs is 1. The van der Waals surface area contributed by atoms with Crippen LogP contribution < -0.4 is 5.56 Å². The predicted octanol–water partition coefficient (Wildman–Crippen LogP) is 3.78. The summed E-state index contributed by atoms with van der Waals surface area (Å²) >= 11 is 1.40. The molecule has 0 amide bonds. The van der Waals surface area contributed by atoms with E-state index in [0.717, 1.165) is 16.7 Å². The van der Waals surface area contributed by atoms with E-state index in [4.69, 9.17) is 0 Å². The van der Waals surface area contributed by atoms with Crippen LogP contribution in [0.2, 0.25) is 0 Å². The van der Waals surface area contributed by atoms with E-state index < -0.39 is 12.0 Å². The summed E-state index contributed by atoms with van der Waals surface area (Å²) in [6, 6.07) is 5.15. The number of hydrogen-bond donors (Lipinski definition) is 1. The zero-order chi connectivity index (χ0) is 17.4. The van der Waals surface area contributed by atoms with Crippen LogP contribution in [0.1, 0.15) is 30.5 Å². The van der Waals surface area contributed by atoms with Crippen molar-refractivity contribution in [2.75, 3.05) is 0 Å². The highest BCUT2D eigenvalue weighted by molar-refractivity contribution is 7.17. The minimum absolute atomic E-state index is 0.302. The molecule has 0 unspecified atom stereocenters. The lowest BCUT2D eigenvalue weighted by Gasteiger charge is -2.13. The molecule has 3 aromatic rings. The minimum atomic E-state index is -1.02. The van der Waals surface area contributed by atoms with E-state index in [1.54, 1.807) is 6.92 Å². The molecule has 1 atom stereocenters. The van der Waals surface area contributed by atoms with Crippen molar-refractivity contribution in [3.05, 3.63) is 51.4 Å². The van der Waals surface area contributed by atoms with Gasteiger partial charge in [-0.2, -0.15) is 0 Å². The Kier molecular flexibility index (Phi) is 4.24. The van der Waals surface area contributed by atoms with Gasteiger partial charge in [0.25, 0.3) is 5.56 Å². The van der Waals surface area contributed by atoms with E-state index in [-0.39, 0.29) is 5.56 Å². The number of carboxylic acids is 1. The first-order valence-electron chi connectivity index (χ1n) is 7.72. The Balaban J connectivity index is 2.26. The molecule has 0 aliphatic rings. The summed E-state index contributed by atoms with van der Waals surface area (Å²) < 4.78 is 1.22. The summed E-state index contributed by atoms with van der Waals surface area (Å²) in [5.41, 5.74) is 3.79. The van der Waals surface area contributed by atoms with Gasteiger partial charge in [0.15, 0.2) is 0 Å². The van der Waals surface area contributed by atoms with Gasteiger partial charge < -0.3 is 5.11 Å². The van der Waals surface area contributed by atoms with E-state index in [1.807, 2.05) is 37.4 Å². The number of hydrogen-bond acceptors (Lipinski definition) is 4. The Morgan fingerprint density at radius 1 is 1.33 bits per heavy atom. The molecule has 0 saturated heterocycles. The van der Waals surface area contributed by atoms with Crippen LogP contribution in [-0.4, -0.2) is 20.6 Å². The van der Waals surface area contributed by atoms with Crippen molar-refractivity contribution in [1.82, 2.24) is 9.55 Å². The van der Waals surface area contributed by atoms with Crippen molar-refractivity contribution in [3.8, 4) is 11.1 Å². The first-order valence-corrected chi connectivity index (χ1v) is 8.60. The van der Waals surface area contributed by atoms with Crippen molar-refractivity contribution in [3.63, 3.8) is 0 Å². The number of nitrogens with zero attached hydrogens (tertiary/aromatic N) is 2. The second-order valence-corrected chi connectivity index (χ2v) is 6.71. The number of carbonyl (C=O) groups is 1. The van der Waals surface area contributed by atoms with Crippen molar-refractivity contribution in [2.45, 2.75) is 33.2 Å². The third kappa shape index (κ3) is 2.63. The smallest absolute Gasteiger partial charge is 0.326 e. The van der Waals surface area contributed by atoms with Gasteiger partial charge in [0.05, 0.1) is 11.7 Å². The van der Waals surface area contributed by atoms with Crippen molar-refractivity contribution in [2.24, 2.45) is 0 Å². The van der Waals surface area contributed by atoms with E-state index in [0.29, 0.717) is 16.6 Å². The maximum atomic E-state index is 12.9. The van der Waals surface area contributed by atoms with Crippen LogP contribution in [0.4, 0.5) is 0 Å². The van der Waals surface area contributed by atoms with Crippen LogP contribution in [0.3, 0.4) is 0 Å². The summed E-state index contributed by atoms with van der Waals surface area (Å²) in [7, 11) is 0. The molecule has 2 heterocycles. The quantitative estimate of drug-likeness (QED) is 0.783. The van der Waals surface area contributed by atoms with Gasteiger partial charge in [-0.1, -0.05) is 25.1 Å². The number of carboxylic acid groups (broad SMARTS) is 1. The molecule has 0 bridgehead atoms. The molecule has 0 saturated carbocycles. The fourth-order valence-corrected chi connectivity index (χ4v) is 3.69. The Morgan fingerprint density at radius 3 is 2.71 bits per heavy atom. The average Bonchev–Trinajstić information content (AvgIpc) is 2.97. The van der Waals surface area contributed by atoms with Gasteiger partial charge in [0.1, 0.15) is 10.9 Å². The first-order chi connectivity index (χ1) is 11.4. The summed E-state index contributed by atoms with van der Waals surface area (Å²) in [6.07, 6.45) is 1.67. The Labute approximate surface area is 143 Å². The van der Waals surface area contributed by atoms with Gasteiger partial charge in [-0.15, -0.1) is 11.3 Å². The monoisotopic (exact) mass is 342 g/mol. The number of aryl methyl sites for hydroxylation is 2. The zero-order valence-corrected chi connectivity index (χ0v) is 14.6. The number of aliphatic carboxylic acids is 1. The second-order valence-electron chi connectivity index (χ2n) is 5.85. The topological polar surface area (TPSA) is 72.2 Å². The van der Waals surface area contributed by atoms with E-state index in [9.17, 15) is 14.7 Å². The minimum Gasteiger partial charge on any atom is -0.480 e. The largest absolute Gasteiger partial charge is 0.480 e. The SMILES string of the molecule is CC[C@@H](C(=O)O)n1cnc2scc(-c3ccc(C)c(C)c3)c2c1=O. The Bertz CT molecular complexity index is 988. The van der Waals surface area contributed by atoms with Crippen LogP contribution in [0.25, 0.3) is 21.3 Å². The van der Waals surface area contributed by atoms with Crippen molar-refractivity contribution >= 4 is 27.5 Å². The highest BCUT2D eigenvalue weighted by Gasteiger charge is 2.21. The van der Waals surface area contributed by atoms with Crippen LogP contribution in [0.15, 0.2) is 34.7 Å². The number of rotatable bonds is 4.